The van der Waals surface area contributed by atoms with Gasteiger partial charge in [0.05, 0.1) is 14.2 Å². The van der Waals surface area contributed by atoms with E-state index >= 15 is 0 Å². The zero-order chi connectivity index (χ0) is 16.7. The molecule has 2 rings (SSSR count). The van der Waals surface area contributed by atoms with Crippen molar-refractivity contribution in [2.24, 2.45) is 0 Å². The molecule has 0 fully saturated rings. The lowest BCUT2D eigenvalue weighted by Crippen LogP contribution is -2.30. The number of anilines is 1. The number of aryl methyl sites for hydroxylation is 1. The van der Waals surface area contributed by atoms with Crippen LogP contribution in [-0.2, 0) is 6.42 Å². The molecular weight excluding hydrogens is 308 g/mol. The van der Waals surface area contributed by atoms with Gasteiger partial charge in [0.1, 0.15) is 11.5 Å². The second-order valence-corrected chi connectivity index (χ2v) is 5.58. The molecule has 0 spiro atoms. The van der Waals surface area contributed by atoms with Crippen molar-refractivity contribution in [3.05, 3.63) is 53.6 Å². The minimum Gasteiger partial charge on any atom is -0.497 e. The molecule has 4 nitrogen and oxygen atoms in total. The molecule has 0 aromatic heterocycles. The summed E-state index contributed by atoms with van der Waals surface area (Å²) in [5, 5.41) is 6.96. The number of hydrogen-bond donors (Lipinski definition) is 2. The number of rotatable bonds is 6. The van der Waals surface area contributed by atoms with Crippen molar-refractivity contribution in [1.29, 1.82) is 0 Å². The van der Waals surface area contributed by atoms with Crippen LogP contribution < -0.4 is 20.1 Å². The van der Waals surface area contributed by atoms with Crippen LogP contribution >= 0.6 is 12.2 Å². The van der Waals surface area contributed by atoms with Crippen LogP contribution in [0.25, 0.3) is 0 Å². The molecule has 0 atom stereocenters. The van der Waals surface area contributed by atoms with E-state index in [1.54, 1.807) is 14.2 Å². The normalized spacial score (nSPS) is 10.0. The quantitative estimate of drug-likeness (QED) is 0.793. The number of ether oxygens (including phenoxy) is 2. The van der Waals surface area contributed by atoms with E-state index in [4.69, 9.17) is 21.7 Å². The lowest BCUT2D eigenvalue weighted by molar-refractivity contribution is 0.409. The summed E-state index contributed by atoms with van der Waals surface area (Å²) in [6.07, 6.45) is 0.843. The second-order valence-electron chi connectivity index (χ2n) is 5.17. The highest BCUT2D eigenvalue weighted by molar-refractivity contribution is 7.80. The Morgan fingerprint density at radius 2 is 1.78 bits per heavy atom. The molecule has 0 bridgehead atoms. The van der Waals surface area contributed by atoms with Crippen LogP contribution in [0.15, 0.2) is 42.5 Å². The molecule has 0 radical (unpaired) electrons. The molecule has 0 saturated carbocycles. The minimum atomic E-state index is 0.599. The van der Waals surface area contributed by atoms with Crippen LogP contribution in [0.3, 0.4) is 0 Å². The van der Waals surface area contributed by atoms with Crippen molar-refractivity contribution in [1.82, 2.24) is 5.32 Å². The molecule has 0 saturated heterocycles. The fourth-order valence-electron chi connectivity index (χ4n) is 2.26. The monoisotopic (exact) mass is 330 g/mol. The lowest BCUT2D eigenvalue weighted by atomic mass is 10.1. The SMILES string of the molecule is COc1ccc(NC(=S)NCCc2cc(C)ccc2OC)cc1. The fourth-order valence-corrected chi connectivity index (χ4v) is 2.48. The van der Waals surface area contributed by atoms with Crippen LogP contribution in [0.4, 0.5) is 5.69 Å². The number of thiocarbonyl (C=S) groups is 1. The summed E-state index contributed by atoms with van der Waals surface area (Å²) in [7, 11) is 3.34. The Hall–Kier alpha value is -2.27. The van der Waals surface area contributed by atoms with Gasteiger partial charge in [0.25, 0.3) is 0 Å². The van der Waals surface area contributed by atoms with Gasteiger partial charge in [0, 0.05) is 12.2 Å². The van der Waals surface area contributed by atoms with Gasteiger partial charge in [-0.15, -0.1) is 0 Å². The molecule has 2 aromatic carbocycles. The Morgan fingerprint density at radius 1 is 1.04 bits per heavy atom. The maximum atomic E-state index is 5.39. The van der Waals surface area contributed by atoms with Crippen molar-refractivity contribution < 1.29 is 9.47 Å². The zero-order valence-electron chi connectivity index (χ0n) is 13.7. The summed E-state index contributed by atoms with van der Waals surface area (Å²) < 4.78 is 10.5. The molecule has 5 heteroatoms. The van der Waals surface area contributed by atoms with Crippen LogP contribution in [0.2, 0.25) is 0 Å². The number of nitrogens with one attached hydrogen (secondary N) is 2. The average Bonchev–Trinajstić information content (AvgIpc) is 2.56. The van der Waals surface area contributed by atoms with Gasteiger partial charge in [-0.3, -0.25) is 0 Å². The van der Waals surface area contributed by atoms with E-state index in [1.807, 2.05) is 36.4 Å². The van der Waals surface area contributed by atoms with Gasteiger partial charge in [0.15, 0.2) is 5.11 Å². The van der Waals surface area contributed by atoms with Gasteiger partial charge in [0.2, 0.25) is 0 Å². The molecule has 2 N–H and O–H groups in total. The second kappa shape index (κ2) is 8.39. The van der Waals surface area contributed by atoms with E-state index in [-0.39, 0.29) is 0 Å². The highest BCUT2D eigenvalue weighted by Crippen LogP contribution is 2.20. The summed E-state index contributed by atoms with van der Waals surface area (Å²) in [5.74, 6) is 1.73. The highest BCUT2D eigenvalue weighted by atomic mass is 32.1. The summed E-state index contributed by atoms with van der Waals surface area (Å²) in [6, 6.07) is 13.8. The van der Waals surface area contributed by atoms with Gasteiger partial charge < -0.3 is 20.1 Å². The molecule has 2 aromatic rings. The molecule has 0 aliphatic carbocycles. The van der Waals surface area contributed by atoms with Crippen molar-refractivity contribution in [2.45, 2.75) is 13.3 Å². The Balaban J connectivity index is 1.83. The first-order chi connectivity index (χ1) is 11.1. The van der Waals surface area contributed by atoms with Crippen LogP contribution in [-0.4, -0.2) is 25.9 Å². The van der Waals surface area contributed by atoms with E-state index in [2.05, 4.69) is 23.6 Å². The molecule has 0 heterocycles. The van der Waals surface area contributed by atoms with E-state index in [1.165, 1.54) is 11.1 Å². The van der Waals surface area contributed by atoms with Gasteiger partial charge in [-0.2, -0.15) is 0 Å². The molecule has 122 valence electrons. The Bertz CT molecular complexity index is 657. The third kappa shape index (κ3) is 5.14. The highest BCUT2D eigenvalue weighted by Gasteiger charge is 2.04. The minimum absolute atomic E-state index is 0.599. The first-order valence-corrected chi connectivity index (χ1v) is 7.85. The maximum absolute atomic E-state index is 5.39. The number of methoxy groups -OCH3 is 2. The standard InChI is InChI=1S/C18H22N2O2S/c1-13-4-9-17(22-3)14(12-13)10-11-19-18(23)20-15-5-7-16(21-2)8-6-15/h4-9,12H,10-11H2,1-3H3,(H2,19,20,23). The zero-order valence-corrected chi connectivity index (χ0v) is 14.5. The molecule has 0 unspecified atom stereocenters. The van der Waals surface area contributed by atoms with Crippen molar-refractivity contribution in [3.8, 4) is 11.5 Å². The first kappa shape index (κ1) is 17.1. The van der Waals surface area contributed by atoms with Crippen LogP contribution in [0.5, 0.6) is 11.5 Å². The first-order valence-electron chi connectivity index (χ1n) is 7.45. The Kier molecular flexibility index (Phi) is 6.23. The smallest absolute Gasteiger partial charge is 0.170 e. The number of benzene rings is 2. The lowest BCUT2D eigenvalue weighted by Gasteiger charge is -2.13. The average molecular weight is 330 g/mol. The Labute approximate surface area is 142 Å². The predicted octanol–water partition coefficient (Wildman–Crippen LogP) is 3.54. The topological polar surface area (TPSA) is 42.5 Å². The largest absolute Gasteiger partial charge is 0.497 e. The fraction of sp³-hybridized carbons (Fsp3) is 0.278. The third-order valence-corrected chi connectivity index (χ3v) is 3.71. The summed E-state index contributed by atoms with van der Waals surface area (Å²) in [6.45, 7) is 2.81. The molecule has 23 heavy (non-hydrogen) atoms. The van der Waals surface area contributed by atoms with Gasteiger partial charge >= 0.3 is 0 Å². The number of hydrogen-bond acceptors (Lipinski definition) is 3. The van der Waals surface area contributed by atoms with Crippen LogP contribution in [0.1, 0.15) is 11.1 Å². The summed E-state index contributed by atoms with van der Waals surface area (Å²) >= 11 is 5.31. The van der Waals surface area contributed by atoms with E-state index in [0.29, 0.717) is 5.11 Å². The predicted molar refractivity (Wildman–Crippen MR) is 98.7 cm³/mol. The Morgan fingerprint density at radius 3 is 2.43 bits per heavy atom. The van der Waals surface area contributed by atoms with Crippen molar-refractivity contribution >= 4 is 23.0 Å². The maximum Gasteiger partial charge on any atom is 0.170 e. The van der Waals surface area contributed by atoms with Gasteiger partial charge in [-0.1, -0.05) is 17.7 Å². The summed E-state index contributed by atoms with van der Waals surface area (Å²) in [4.78, 5) is 0. The van der Waals surface area contributed by atoms with Gasteiger partial charge in [-0.05, 0) is 61.5 Å². The molecular formula is C18H22N2O2S. The van der Waals surface area contributed by atoms with E-state index < -0.39 is 0 Å². The molecule has 0 amide bonds. The van der Waals surface area contributed by atoms with Crippen LogP contribution in [0, 0.1) is 6.92 Å². The van der Waals surface area contributed by atoms with Crippen molar-refractivity contribution in [2.75, 3.05) is 26.1 Å². The van der Waals surface area contributed by atoms with Crippen molar-refractivity contribution in [3.63, 3.8) is 0 Å². The third-order valence-electron chi connectivity index (χ3n) is 3.46. The molecule has 0 aliphatic rings. The van der Waals surface area contributed by atoms with E-state index in [9.17, 15) is 0 Å². The molecule has 0 aliphatic heterocycles. The van der Waals surface area contributed by atoms with E-state index in [0.717, 1.165) is 30.2 Å². The summed E-state index contributed by atoms with van der Waals surface area (Å²) in [5.41, 5.74) is 3.32. The van der Waals surface area contributed by atoms with Gasteiger partial charge in [-0.25, -0.2) is 0 Å².